The Labute approximate surface area is 155 Å². The summed E-state index contributed by atoms with van der Waals surface area (Å²) in [4.78, 5) is 28.9. The lowest BCUT2D eigenvalue weighted by Gasteiger charge is -2.32. The summed E-state index contributed by atoms with van der Waals surface area (Å²) in [7, 11) is 0. The van der Waals surface area contributed by atoms with Gasteiger partial charge in [-0.2, -0.15) is 0 Å². The number of nitrogens with one attached hydrogen (secondary N) is 3. The van der Waals surface area contributed by atoms with Gasteiger partial charge in [0.15, 0.2) is 0 Å². The summed E-state index contributed by atoms with van der Waals surface area (Å²) in [5, 5.41) is 8.92. The van der Waals surface area contributed by atoms with Crippen LogP contribution in [0.25, 0.3) is 0 Å². The van der Waals surface area contributed by atoms with E-state index >= 15 is 0 Å². The molecular formula is C19H29N5O2. The minimum Gasteiger partial charge on any atom is -0.337 e. The first kappa shape index (κ1) is 18.7. The molecule has 2 saturated heterocycles. The number of hydrogen-bond donors (Lipinski definition) is 3. The molecule has 7 nitrogen and oxygen atoms in total. The number of carbonyl (C=O) groups excluding carboxylic acids is 2. The Hall–Kier alpha value is -2.12. The monoisotopic (exact) mass is 359 g/mol. The molecule has 26 heavy (non-hydrogen) atoms. The molecule has 1 unspecified atom stereocenters. The number of amides is 3. The first-order valence-electron chi connectivity index (χ1n) is 9.44. The molecule has 142 valence electrons. The van der Waals surface area contributed by atoms with Gasteiger partial charge in [-0.15, -0.1) is 0 Å². The van der Waals surface area contributed by atoms with Gasteiger partial charge in [0.1, 0.15) is 0 Å². The van der Waals surface area contributed by atoms with Crippen molar-refractivity contribution in [3.05, 3.63) is 29.8 Å². The molecule has 0 aliphatic carbocycles. The van der Waals surface area contributed by atoms with Crippen molar-refractivity contribution < 1.29 is 9.59 Å². The highest BCUT2D eigenvalue weighted by atomic mass is 16.2. The minimum absolute atomic E-state index is 0.0702. The highest BCUT2D eigenvalue weighted by Gasteiger charge is 2.31. The van der Waals surface area contributed by atoms with E-state index in [1.165, 1.54) is 0 Å². The smallest absolute Gasteiger partial charge is 0.319 e. The van der Waals surface area contributed by atoms with Crippen molar-refractivity contribution in [2.75, 3.05) is 44.6 Å². The maximum atomic E-state index is 12.7. The van der Waals surface area contributed by atoms with Crippen molar-refractivity contribution in [3.8, 4) is 0 Å². The van der Waals surface area contributed by atoms with E-state index in [0.29, 0.717) is 17.3 Å². The van der Waals surface area contributed by atoms with Gasteiger partial charge in [-0.1, -0.05) is 0 Å². The van der Waals surface area contributed by atoms with Crippen LogP contribution in [0, 0.1) is 0 Å². The van der Waals surface area contributed by atoms with Crippen LogP contribution in [0.2, 0.25) is 0 Å². The number of piperazine rings is 1. The van der Waals surface area contributed by atoms with Crippen LogP contribution in [-0.4, -0.2) is 73.1 Å². The third-order valence-electron chi connectivity index (χ3n) is 4.93. The molecule has 0 radical (unpaired) electrons. The predicted octanol–water partition coefficient (Wildman–Crippen LogP) is 1.34. The SMILES string of the molecule is CC(C)NC(=O)Nc1ccc(C(=O)N2CCC(N3CCNCC3)C2)cc1. The van der Waals surface area contributed by atoms with Gasteiger partial charge in [-0.3, -0.25) is 9.69 Å². The summed E-state index contributed by atoms with van der Waals surface area (Å²) in [5.74, 6) is 0.0702. The van der Waals surface area contributed by atoms with Crippen molar-refractivity contribution in [2.24, 2.45) is 0 Å². The number of benzene rings is 1. The van der Waals surface area contributed by atoms with E-state index in [2.05, 4.69) is 20.9 Å². The van der Waals surface area contributed by atoms with Crippen LogP contribution in [0.1, 0.15) is 30.6 Å². The molecule has 2 heterocycles. The molecule has 2 fully saturated rings. The average molecular weight is 359 g/mol. The first-order valence-corrected chi connectivity index (χ1v) is 9.44. The van der Waals surface area contributed by atoms with E-state index in [9.17, 15) is 9.59 Å². The second-order valence-electron chi connectivity index (χ2n) is 7.31. The molecule has 1 atom stereocenters. The Morgan fingerprint density at radius 1 is 1.12 bits per heavy atom. The molecule has 2 aliphatic rings. The van der Waals surface area contributed by atoms with Crippen LogP contribution in [0.15, 0.2) is 24.3 Å². The van der Waals surface area contributed by atoms with Gasteiger partial charge < -0.3 is 20.9 Å². The van der Waals surface area contributed by atoms with E-state index in [4.69, 9.17) is 0 Å². The topological polar surface area (TPSA) is 76.7 Å². The van der Waals surface area contributed by atoms with Crippen molar-refractivity contribution in [3.63, 3.8) is 0 Å². The van der Waals surface area contributed by atoms with Gasteiger partial charge in [0, 0.05) is 62.6 Å². The van der Waals surface area contributed by atoms with E-state index in [-0.39, 0.29) is 18.0 Å². The predicted molar refractivity (Wildman–Crippen MR) is 102 cm³/mol. The zero-order valence-corrected chi connectivity index (χ0v) is 15.6. The number of rotatable bonds is 4. The summed E-state index contributed by atoms with van der Waals surface area (Å²) in [5.41, 5.74) is 1.35. The lowest BCUT2D eigenvalue weighted by atomic mass is 10.2. The molecule has 0 saturated carbocycles. The maximum Gasteiger partial charge on any atom is 0.319 e. The van der Waals surface area contributed by atoms with Gasteiger partial charge in [-0.25, -0.2) is 4.79 Å². The molecule has 0 spiro atoms. The minimum atomic E-state index is -0.238. The Morgan fingerprint density at radius 2 is 1.81 bits per heavy atom. The summed E-state index contributed by atoms with van der Waals surface area (Å²) in [6.45, 7) is 9.61. The van der Waals surface area contributed by atoms with E-state index in [1.807, 2.05) is 18.7 Å². The number of urea groups is 1. The normalized spacial score (nSPS) is 21.0. The molecule has 3 N–H and O–H groups in total. The van der Waals surface area contributed by atoms with E-state index in [0.717, 1.165) is 45.7 Å². The summed E-state index contributed by atoms with van der Waals surface area (Å²) >= 11 is 0. The fraction of sp³-hybridized carbons (Fsp3) is 0.579. The molecule has 1 aromatic carbocycles. The van der Waals surface area contributed by atoms with Gasteiger partial charge in [0.05, 0.1) is 0 Å². The molecule has 1 aromatic rings. The third kappa shape index (κ3) is 4.74. The van der Waals surface area contributed by atoms with Crippen molar-refractivity contribution in [1.82, 2.24) is 20.4 Å². The van der Waals surface area contributed by atoms with E-state index in [1.54, 1.807) is 24.3 Å². The first-order chi connectivity index (χ1) is 12.5. The molecule has 3 amide bonds. The zero-order valence-electron chi connectivity index (χ0n) is 15.6. The summed E-state index contributed by atoms with van der Waals surface area (Å²) in [6.07, 6.45) is 1.04. The Bertz CT molecular complexity index is 625. The van der Waals surface area contributed by atoms with Crippen molar-refractivity contribution >= 4 is 17.6 Å². The van der Waals surface area contributed by atoms with Gasteiger partial charge in [0.2, 0.25) is 0 Å². The van der Waals surface area contributed by atoms with Crippen LogP contribution in [0.3, 0.4) is 0 Å². The quantitative estimate of drug-likeness (QED) is 0.758. The molecule has 7 heteroatoms. The summed E-state index contributed by atoms with van der Waals surface area (Å²) < 4.78 is 0. The number of nitrogens with zero attached hydrogens (tertiary/aromatic N) is 2. The average Bonchev–Trinajstić information content (AvgIpc) is 3.12. The van der Waals surface area contributed by atoms with Crippen LogP contribution in [0.5, 0.6) is 0 Å². The lowest BCUT2D eigenvalue weighted by Crippen LogP contribution is -2.49. The Balaban J connectivity index is 1.54. The summed E-state index contributed by atoms with van der Waals surface area (Å²) in [6, 6.07) is 7.43. The Morgan fingerprint density at radius 3 is 2.46 bits per heavy atom. The Kier molecular flexibility index (Phi) is 6.11. The van der Waals surface area contributed by atoms with Crippen LogP contribution in [0.4, 0.5) is 10.5 Å². The number of carbonyl (C=O) groups is 2. The fourth-order valence-corrected chi connectivity index (χ4v) is 3.58. The van der Waals surface area contributed by atoms with Crippen LogP contribution in [-0.2, 0) is 0 Å². The van der Waals surface area contributed by atoms with Gasteiger partial charge in [0.25, 0.3) is 5.91 Å². The van der Waals surface area contributed by atoms with Crippen molar-refractivity contribution in [2.45, 2.75) is 32.4 Å². The second-order valence-corrected chi connectivity index (χ2v) is 7.31. The zero-order chi connectivity index (χ0) is 18.5. The highest BCUT2D eigenvalue weighted by molar-refractivity contribution is 5.95. The van der Waals surface area contributed by atoms with Gasteiger partial charge in [-0.05, 0) is 44.5 Å². The largest absolute Gasteiger partial charge is 0.337 e. The molecule has 3 rings (SSSR count). The standard InChI is InChI=1S/C19H29N5O2/c1-14(2)21-19(26)22-16-5-3-15(4-6-16)18(25)24-10-7-17(13-24)23-11-8-20-9-12-23/h3-6,14,17,20H,7-13H2,1-2H3,(H2,21,22,26). The molecular weight excluding hydrogens is 330 g/mol. The number of likely N-dealkylation sites (tertiary alicyclic amines) is 1. The highest BCUT2D eigenvalue weighted by Crippen LogP contribution is 2.19. The van der Waals surface area contributed by atoms with E-state index < -0.39 is 0 Å². The lowest BCUT2D eigenvalue weighted by molar-refractivity contribution is 0.0773. The number of hydrogen-bond acceptors (Lipinski definition) is 4. The maximum absolute atomic E-state index is 12.7. The molecule has 2 aliphatic heterocycles. The third-order valence-corrected chi connectivity index (χ3v) is 4.93. The van der Waals surface area contributed by atoms with Crippen LogP contribution >= 0.6 is 0 Å². The molecule has 0 aromatic heterocycles. The van der Waals surface area contributed by atoms with Crippen LogP contribution < -0.4 is 16.0 Å². The number of anilines is 1. The molecule has 0 bridgehead atoms. The van der Waals surface area contributed by atoms with Gasteiger partial charge >= 0.3 is 6.03 Å². The second kappa shape index (κ2) is 8.51. The fourth-order valence-electron chi connectivity index (χ4n) is 3.58. The van der Waals surface area contributed by atoms with Crippen molar-refractivity contribution in [1.29, 1.82) is 0 Å².